The lowest BCUT2D eigenvalue weighted by atomic mass is 10.1. The van der Waals surface area contributed by atoms with Crippen molar-refractivity contribution in [2.45, 2.75) is 26.8 Å². The second kappa shape index (κ2) is 6.84. The van der Waals surface area contributed by atoms with E-state index >= 15 is 0 Å². The van der Waals surface area contributed by atoms with Gasteiger partial charge in [-0.05, 0) is 24.5 Å². The molecule has 1 heterocycles. The van der Waals surface area contributed by atoms with Gasteiger partial charge in [0, 0.05) is 18.1 Å². The van der Waals surface area contributed by atoms with Crippen LogP contribution in [0.25, 0.3) is 0 Å². The highest BCUT2D eigenvalue weighted by atomic mass is 16.2. The predicted molar refractivity (Wildman–Crippen MR) is 73.4 cm³/mol. The number of nitrogens with zero attached hydrogens (tertiary/aromatic N) is 1. The van der Waals surface area contributed by atoms with Crippen LogP contribution in [0.15, 0.2) is 18.5 Å². The molecule has 4 N–H and O–H groups in total. The summed E-state index contributed by atoms with van der Waals surface area (Å²) in [6.07, 6.45) is 3.25. The van der Waals surface area contributed by atoms with Gasteiger partial charge < -0.3 is 16.4 Å². The fraction of sp³-hybridized carbons (Fsp3) is 0.462. The van der Waals surface area contributed by atoms with Crippen molar-refractivity contribution in [2.24, 2.45) is 11.7 Å². The first kappa shape index (κ1) is 15.1. The highest BCUT2D eigenvalue weighted by Gasteiger charge is 2.17. The highest BCUT2D eigenvalue weighted by Crippen LogP contribution is 2.10. The fourth-order valence-corrected chi connectivity index (χ4v) is 1.40. The van der Waals surface area contributed by atoms with Crippen LogP contribution < -0.4 is 16.4 Å². The molecule has 0 aliphatic carbocycles. The third-order valence-electron chi connectivity index (χ3n) is 2.74. The van der Waals surface area contributed by atoms with Gasteiger partial charge in [0.2, 0.25) is 11.8 Å². The van der Waals surface area contributed by atoms with Gasteiger partial charge in [-0.25, -0.2) is 0 Å². The van der Waals surface area contributed by atoms with Gasteiger partial charge in [-0.3, -0.25) is 14.6 Å². The maximum Gasteiger partial charge on any atom is 0.243 e. The van der Waals surface area contributed by atoms with E-state index in [0.717, 1.165) is 5.56 Å². The molecule has 1 rings (SSSR count). The van der Waals surface area contributed by atoms with Gasteiger partial charge in [0.25, 0.3) is 0 Å². The smallest absolute Gasteiger partial charge is 0.243 e. The van der Waals surface area contributed by atoms with Gasteiger partial charge in [-0.15, -0.1) is 0 Å². The number of anilines is 1. The van der Waals surface area contributed by atoms with E-state index in [9.17, 15) is 9.59 Å². The molecule has 0 bridgehead atoms. The minimum Gasteiger partial charge on any atom is -0.346 e. The molecule has 0 aromatic carbocycles. The van der Waals surface area contributed by atoms with Gasteiger partial charge in [-0.2, -0.15) is 0 Å². The number of rotatable bonds is 5. The van der Waals surface area contributed by atoms with Crippen LogP contribution in [0.2, 0.25) is 0 Å². The van der Waals surface area contributed by atoms with Crippen LogP contribution in [0.1, 0.15) is 19.4 Å². The number of hydrogen-bond acceptors (Lipinski definition) is 4. The largest absolute Gasteiger partial charge is 0.346 e. The third-order valence-corrected chi connectivity index (χ3v) is 2.74. The maximum absolute atomic E-state index is 11.7. The fourth-order valence-electron chi connectivity index (χ4n) is 1.40. The minimum atomic E-state index is -0.601. The molecule has 104 valence electrons. The van der Waals surface area contributed by atoms with Crippen LogP contribution in [0.3, 0.4) is 0 Å². The van der Waals surface area contributed by atoms with Crippen molar-refractivity contribution < 1.29 is 9.59 Å². The van der Waals surface area contributed by atoms with E-state index in [1.165, 1.54) is 0 Å². The van der Waals surface area contributed by atoms with E-state index in [1.807, 2.05) is 20.8 Å². The van der Waals surface area contributed by atoms with Crippen molar-refractivity contribution in [3.05, 3.63) is 24.0 Å². The van der Waals surface area contributed by atoms with Gasteiger partial charge >= 0.3 is 0 Å². The Kier molecular flexibility index (Phi) is 5.44. The van der Waals surface area contributed by atoms with Crippen molar-refractivity contribution in [3.8, 4) is 0 Å². The van der Waals surface area contributed by atoms with Crippen molar-refractivity contribution in [1.29, 1.82) is 0 Å². The summed E-state index contributed by atoms with van der Waals surface area (Å²) in [4.78, 5) is 27.2. The lowest BCUT2D eigenvalue weighted by molar-refractivity contribution is -0.125. The molecule has 0 fully saturated rings. The number of amides is 2. The number of carbonyl (C=O) groups is 2. The number of carbonyl (C=O) groups excluding carboxylic acids is 2. The topological polar surface area (TPSA) is 97.1 Å². The Morgan fingerprint density at radius 3 is 2.68 bits per heavy atom. The lowest BCUT2D eigenvalue weighted by Gasteiger charge is -2.15. The molecule has 0 spiro atoms. The van der Waals surface area contributed by atoms with Crippen LogP contribution in [0.4, 0.5) is 5.69 Å². The van der Waals surface area contributed by atoms with E-state index in [2.05, 4.69) is 15.6 Å². The van der Waals surface area contributed by atoms with Gasteiger partial charge in [0.1, 0.15) is 0 Å². The molecule has 2 amide bonds. The Labute approximate surface area is 112 Å². The summed E-state index contributed by atoms with van der Waals surface area (Å²) >= 11 is 0. The number of aryl methyl sites for hydroxylation is 1. The molecule has 6 nitrogen and oxygen atoms in total. The van der Waals surface area contributed by atoms with Crippen LogP contribution in [-0.4, -0.2) is 29.4 Å². The van der Waals surface area contributed by atoms with Crippen molar-refractivity contribution in [2.75, 3.05) is 11.9 Å². The zero-order valence-corrected chi connectivity index (χ0v) is 11.4. The first-order valence-electron chi connectivity index (χ1n) is 6.15. The average molecular weight is 264 g/mol. The molecule has 1 aromatic rings. The number of nitrogens with two attached hydrogens (primary N) is 1. The van der Waals surface area contributed by atoms with Crippen molar-refractivity contribution >= 4 is 17.5 Å². The van der Waals surface area contributed by atoms with E-state index in [0.29, 0.717) is 5.69 Å². The second-order valence-corrected chi connectivity index (χ2v) is 4.73. The normalized spacial score (nSPS) is 12.1. The first-order chi connectivity index (χ1) is 8.91. The quantitative estimate of drug-likeness (QED) is 0.718. The molecule has 0 aliphatic heterocycles. The van der Waals surface area contributed by atoms with E-state index in [1.54, 1.807) is 18.5 Å². The SMILES string of the molecule is Cc1cnccc1NC(=O)CNC(=O)[C@@H](N)C(C)C. The predicted octanol–water partition coefficient (Wildman–Crippen LogP) is 0.428. The van der Waals surface area contributed by atoms with E-state index in [-0.39, 0.29) is 24.3 Å². The van der Waals surface area contributed by atoms with E-state index in [4.69, 9.17) is 5.73 Å². The Balaban J connectivity index is 2.45. The standard InChI is InChI=1S/C13H20N4O2/c1-8(2)12(14)13(19)16-7-11(18)17-10-4-5-15-6-9(10)3/h4-6,8,12H,7,14H2,1-3H3,(H,16,19)(H,15,17,18)/t12-/m0/s1. The molecule has 0 aliphatic rings. The molecule has 0 radical (unpaired) electrons. The minimum absolute atomic E-state index is 0.0329. The summed E-state index contributed by atoms with van der Waals surface area (Å²) < 4.78 is 0. The Morgan fingerprint density at radius 1 is 1.42 bits per heavy atom. The van der Waals surface area contributed by atoms with Crippen molar-refractivity contribution in [3.63, 3.8) is 0 Å². The number of pyridine rings is 1. The monoisotopic (exact) mass is 264 g/mol. The summed E-state index contributed by atoms with van der Waals surface area (Å²) in [5.74, 6) is -0.583. The molecule has 0 saturated heterocycles. The molecule has 6 heteroatoms. The summed E-state index contributed by atoms with van der Waals surface area (Å²) in [5.41, 5.74) is 7.22. The van der Waals surface area contributed by atoms with Crippen LogP contribution in [-0.2, 0) is 9.59 Å². The zero-order valence-electron chi connectivity index (χ0n) is 11.4. The van der Waals surface area contributed by atoms with Gasteiger partial charge in [-0.1, -0.05) is 13.8 Å². The number of nitrogens with one attached hydrogen (secondary N) is 2. The maximum atomic E-state index is 11.7. The lowest BCUT2D eigenvalue weighted by Crippen LogP contribution is -2.46. The average Bonchev–Trinajstić information content (AvgIpc) is 2.37. The molecule has 1 atom stereocenters. The molecule has 0 unspecified atom stereocenters. The van der Waals surface area contributed by atoms with Crippen LogP contribution in [0, 0.1) is 12.8 Å². The molecule has 1 aromatic heterocycles. The zero-order chi connectivity index (χ0) is 14.4. The van der Waals surface area contributed by atoms with Crippen molar-refractivity contribution in [1.82, 2.24) is 10.3 Å². The molecular formula is C13H20N4O2. The molecular weight excluding hydrogens is 244 g/mol. The third kappa shape index (κ3) is 4.67. The highest BCUT2D eigenvalue weighted by molar-refractivity contribution is 5.95. The second-order valence-electron chi connectivity index (χ2n) is 4.73. The Hall–Kier alpha value is -1.95. The van der Waals surface area contributed by atoms with Gasteiger partial charge in [0.15, 0.2) is 0 Å². The Bertz CT molecular complexity index is 460. The first-order valence-corrected chi connectivity index (χ1v) is 6.15. The number of aromatic nitrogens is 1. The van der Waals surface area contributed by atoms with Gasteiger partial charge in [0.05, 0.1) is 12.6 Å². The number of hydrogen-bond donors (Lipinski definition) is 3. The summed E-state index contributed by atoms with van der Waals surface area (Å²) in [6, 6.07) is 1.10. The molecule has 0 saturated carbocycles. The van der Waals surface area contributed by atoms with Crippen LogP contribution >= 0.6 is 0 Å². The summed E-state index contributed by atoms with van der Waals surface area (Å²) in [5, 5.41) is 5.21. The van der Waals surface area contributed by atoms with Crippen LogP contribution in [0.5, 0.6) is 0 Å². The Morgan fingerprint density at radius 2 is 2.11 bits per heavy atom. The van der Waals surface area contributed by atoms with E-state index < -0.39 is 6.04 Å². The summed E-state index contributed by atoms with van der Waals surface area (Å²) in [7, 11) is 0. The molecule has 19 heavy (non-hydrogen) atoms. The summed E-state index contributed by atoms with van der Waals surface area (Å²) in [6.45, 7) is 5.45.